The largest absolute Gasteiger partial charge is 0.493 e. The SMILES string of the molecule is COc1cc(CNC(=O)c2ccc(Cl)cc2F)cc(OC)c1OC. The maximum atomic E-state index is 13.8. The van der Waals surface area contributed by atoms with Gasteiger partial charge in [-0.05, 0) is 35.9 Å². The molecule has 2 aromatic carbocycles. The van der Waals surface area contributed by atoms with Crippen LogP contribution in [0.15, 0.2) is 30.3 Å². The molecule has 0 spiro atoms. The number of hydrogen-bond acceptors (Lipinski definition) is 4. The summed E-state index contributed by atoms with van der Waals surface area (Å²) in [5.41, 5.74) is 0.638. The van der Waals surface area contributed by atoms with Crippen molar-refractivity contribution in [3.8, 4) is 17.2 Å². The van der Waals surface area contributed by atoms with Crippen molar-refractivity contribution >= 4 is 17.5 Å². The van der Waals surface area contributed by atoms with Crippen molar-refractivity contribution in [1.29, 1.82) is 0 Å². The molecule has 2 aromatic rings. The molecule has 1 N–H and O–H groups in total. The van der Waals surface area contributed by atoms with Crippen LogP contribution in [0.1, 0.15) is 15.9 Å². The molecule has 0 unspecified atom stereocenters. The van der Waals surface area contributed by atoms with Crippen LogP contribution in [0.3, 0.4) is 0 Å². The lowest BCUT2D eigenvalue weighted by Gasteiger charge is -2.14. The van der Waals surface area contributed by atoms with Crippen molar-refractivity contribution in [2.24, 2.45) is 0 Å². The Balaban J connectivity index is 2.18. The van der Waals surface area contributed by atoms with E-state index < -0.39 is 11.7 Å². The van der Waals surface area contributed by atoms with Crippen molar-refractivity contribution in [2.75, 3.05) is 21.3 Å². The number of ether oxygens (including phenoxy) is 3. The summed E-state index contributed by atoms with van der Waals surface area (Å²) < 4.78 is 29.5. The van der Waals surface area contributed by atoms with Gasteiger partial charge in [-0.1, -0.05) is 11.6 Å². The van der Waals surface area contributed by atoms with Crippen molar-refractivity contribution in [3.05, 3.63) is 52.3 Å². The number of carbonyl (C=O) groups excluding carboxylic acids is 1. The number of hydrogen-bond donors (Lipinski definition) is 1. The minimum atomic E-state index is -0.676. The summed E-state index contributed by atoms with van der Waals surface area (Å²) in [6.45, 7) is 0.164. The maximum absolute atomic E-state index is 13.8. The maximum Gasteiger partial charge on any atom is 0.254 e. The molecular formula is C17H17ClFNO4. The molecule has 0 heterocycles. The molecule has 2 rings (SSSR count). The Bertz CT molecular complexity index is 726. The van der Waals surface area contributed by atoms with Gasteiger partial charge in [0, 0.05) is 11.6 Å². The Morgan fingerprint density at radius 1 is 1.08 bits per heavy atom. The van der Waals surface area contributed by atoms with Crippen LogP contribution in [-0.2, 0) is 6.54 Å². The monoisotopic (exact) mass is 353 g/mol. The van der Waals surface area contributed by atoms with E-state index in [0.29, 0.717) is 22.8 Å². The molecule has 0 fully saturated rings. The summed E-state index contributed by atoms with van der Waals surface area (Å²) in [5, 5.41) is 2.87. The first-order chi connectivity index (χ1) is 11.5. The highest BCUT2D eigenvalue weighted by Crippen LogP contribution is 2.38. The van der Waals surface area contributed by atoms with Crippen LogP contribution in [0.2, 0.25) is 5.02 Å². The fraction of sp³-hybridized carbons (Fsp3) is 0.235. The molecule has 0 radical (unpaired) electrons. The molecule has 7 heteroatoms. The third kappa shape index (κ3) is 3.89. The molecule has 0 aliphatic heterocycles. The van der Waals surface area contributed by atoms with Gasteiger partial charge in [-0.2, -0.15) is 0 Å². The molecule has 0 saturated heterocycles. The quantitative estimate of drug-likeness (QED) is 0.864. The topological polar surface area (TPSA) is 56.8 Å². The lowest BCUT2D eigenvalue weighted by Crippen LogP contribution is -2.23. The highest BCUT2D eigenvalue weighted by molar-refractivity contribution is 6.30. The van der Waals surface area contributed by atoms with Gasteiger partial charge >= 0.3 is 0 Å². The van der Waals surface area contributed by atoms with E-state index in [2.05, 4.69) is 5.32 Å². The second-order valence-corrected chi connectivity index (χ2v) is 5.28. The molecule has 24 heavy (non-hydrogen) atoms. The van der Waals surface area contributed by atoms with E-state index in [4.69, 9.17) is 25.8 Å². The van der Waals surface area contributed by atoms with Crippen LogP contribution in [-0.4, -0.2) is 27.2 Å². The van der Waals surface area contributed by atoms with E-state index in [9.17, 15) is 9.18 Å². The van der Waals surface area contributed by atoms with Gasteiger partial charge in [-0.3, -0.25) is 4.79 Å². The first kappa shape index (κ1) is 17.9. The van der Waals surface area contributed by atoms with Crippen LogP contribution in [0, 0.1) is 5.82 Å². The van der Waals surface area contributed by atoms with E-state index in [0.717, 1.165) is 6.07 Å². The summed E-state index contributed by atoms with van der Waals surface area (Å²) in [6, 6.07) is 7.30. The molecule has 0 bridgehead atoms. The highest BCUT2D eigenvalue weighted by Gasteiger charge is 2.15. The number of amides is 1. The van der Waals surface area contributed by atoms with E-state index in [1.807, 2.05) is 0 Å². The molecule has 0 aromatic heterocycles. The second kappa shape index (κ2) is 7.88. The van der Waals surface area contributed by atoms with Gasteiger partial charge in [0.25, 0.3) is 5.91 Å². The van der Waals surface area contributed by atoms with Crippen LogP contribution in [0.25, 0.3) is 0 Å². The molecule has 0 saturated carbocycles. The van der Waals surface area contributed by atoms with Gasteiger partial charge in [0.05, 0.1) is 26.9 Å². The second-order valence-electron chi connectivity index (χ2n) is 4.84. The Morgan fingerprint density at radius 2 is 1.71 bits per heavy atom. The van der Waals surface area contributed by atoms with Gasteiger partial charge < -0.3 is 19.5 Å². The first-order valence-electron chi connectivity index (χ1n) is 7.02. The minimum absolute atomic E-state index is 0.0770. The van der Waals surface area contributed by atoms with Gasteiger partial charge in [-0.25, -0.2) is 4.39 Å². The zero-order valence-electron chi connectivity index (χ0n) is 13.5. The molecule has 0 atom stereocenters. The van der Waals surface area contributed by atoms with Crippen molar-refractivity contribution < 1.29 is 23.4 Å². The van der Waals surface area contributed by atoms with Crippen molar-refractivity contribution in [2.45, 2.75) is 6.54 Å². The number of benzene rings is 2. The average molecular weight is 354 g/mol. The zero-order valence-corrected chi connectivity index (χ0v) is 14.2. The lowest BCUT2D eigenvalue weighted by molar-refractivity contribution is 0.0947. The molecule has 0 aliphatic carbocycles. The third-order valence-corrected chi connectivity index (χ3v) is 3.59. The predicted molar refractivity (Wildman–Crippen MR) is 88.7 cm³/mol. The summed E-state index contributed by atoms with van der Waals surface area (Å²) in [7, 11) is 4.51. The molecule has 128 valence electrons. The Kier molecular flexibility index (Phi) is 5.87. The number of nitrogens with one attached hydrogen (secondary N) is 1. The van der Waals surface area contributed by atoms with Gasteiger partial charge in [0.2, 0.25) is 5.75 Å². The van der Waals surface area contributed by atoms with E-state index in [1.54, 1.807) is 12.1 Å². The van der Waals surface area contributed by atoms with Crippen molar-refractivity contribution in [1.82, 2.24) is 5.32 Å². The van der Waals surface area contributed by atoms with Crippen LogP contribution in [0.5, 0.6) is 17.2 Å². The third-order valence-electron chi connectivity index (χ3n) is 3.35. The zero-order chi connectivity index (χ0) is 17.7. The van der Waals surface area contributed by atoms with Crippen LogP contribution < -0.4 is 19.5 Å². The molecule has 0 aliphatic rings. The lowest BCUT2D eigenvalue weighted by atomic mass is 10.1. The summed E-state index contributed by atoms with van der Waals surface area (Å²) in [6.07, 6.45) is 0. The average Bonchev–Trinajstić information content (AvgIpc) is 2.58. The summed E-state index contributed by atoms with van der Waals surface area (Å²) in [4.78, 5) is 12.1. The normalized spacial score (nSPS) is 10.2. The fourth-order valence-corrected chi connectivity index (χ4v) is 2.35. The fourth-order valence-electron chi connectivity index (χ4n) is 2.19. The molecular weight excluding hydrogens is 337 g/mol. The highest BCUT2D eigenvalue weighted by atomic mass is 35.5. The molecule has 5 nitrogen and oxygen atoms in total. The van der Waals surface area contributed by atoms with E-state index in [1.165, 1.54) is 33.5 Å². The number of halogens is 2. The van der Waals surface area contributed by atoms with E-state index in [-0.39, 0.29) is 17.1 Å². The summed E-state index contributed by atoms with van der Waals surface area (Å²) in [5.74, 6) is 0.180. The smallest absolute Gasteiger partial charge is 0.254 e. The van der Waals surface area contributed by atoms with Gasteiger partial charge in [0.1, 0.15) is 5.82 Å². The van der Waals surface area contributed by atoms with Crippen LogP contribution in [0.4, 0.5) is 4.39 Å². The Labute approximate surface area is 144 Å². The Morgan fingerprint density at radius 3 is 2.21 bits per heavy atom. The predicted octanol–water partition coefficient (Wildman–Crippen LogP) is 3.43. The number of methoxy groups -OCH3 is 3. The Hall–Kier alpha value is -2.47. The number of carbonyl (C=O) groups is 1. The standard InChI is InChI=1S/C17H17ClFNO4/c1-22-14-6-10(7-15(23-2)16(14)24-3)9-20-17(21)12-5-4-11(18)8-13(12)19/h4-8H,9H2,1-3H3,(H,20,21). The van der Waals surface area contributed by atoms with Gasteiger partial charge in [0.15, 0.2) is 11.5 Å². The van der Waals surface area contributed by atoms with Crippen LogP contribution >= 0.6 is 11.6 Å². The van der Waals surface area contributed by atoms with E-state index >= 15 is 0 Å². The summed E-state index contributed by atoms with van der Waals surface area (Å²) >= 11 is 5.68. The minimum Gasteiger partial charge on any atom is -0.493 e. The first-order valence-corrected chi connectivity index (χ1v) is 7.40. The number of rotatable bonds is 6. The van der Waals surface area contributed by atoms with Crippen molar-refractivity contribution in [3.63, 3.8) is 0 Å². The molecule has 1 amide bonds. The van der Waals surface area contributed by atoms with Gasteiger partial charge in [-0.15, -0.1) is 0 Å².